The average Bonchev–Trinajstić information content (AvgIpc) is 2.63. The number of aromatic hydroxyl groups is 1. The van der Waals surface area contributed by atoms with E-state index < -0.39 is 15.8 Å². The van der Waals surface area contributed by atoms with E-state index in [0.29, 0.717) is 16.9 Å². The van der Waals surface area contributed by atoms with Crippen LogP contribution in [0.5, 0.6) is 23.0 Å². The second-order valence-corrected chi connectivity index (χ2v) is 6.80. The van der Waals surface area contributed by atoms with E-state index in [9.17, 15) is 18.3 Å². The van der Waals surface area contributed by atoms with Gasteiger partial charge in [0.25, 0.3) is 0 Å². The molecule has 0 aliphatic rings. The van der Waals surface area contributed by atoms with Gasteiger partial charge in [0.2, 0.25) is 5.43 Å². The van der Waals surface area contributed by atoms with Gasteiger partial charge in [0.1, 0.15) is 28.7 Å². The Balaban J connectivity index is 2.21. The van der Waals surface area contributed by atoms with Gasteiger partial charge in [-0.25, -0.2) is 0 Å². The van der Waals surface area contributed by atoms with Crippen molar-refractivity contribution in [3.8, 4) is 34.1 Å². The summed E-state index contributed by atoms with van der Waals surface area (Å²) in [6.07, 6.45) is 1.22. The summed E-state index contributed by atoms with van der Waals surface area (Å²) >= 11 is 0. The number of hydrogen-bond donors (Lipinski definition) is 2. The molecular weight excluding hydrogens is 392 g/mol. The second-order valence-electron chi connectivity index (χ2n) is 5.78. The molecule has 3 aromatic rings. The van der Waals surface area contributed by atoms with Crippen molar-refractivity contribution in [3.05, 3.63) is 46.3 Å². The van der Waals surface area contributed by atoms with Crippen molar-refractivity contribution in [2.24, 2.45) is 0 Å². The van der Waals surface area contributed by atoms with E-state index in [0.717, 1.165) is 0 Å². The average molecular weight is 408 g/mol. The normalized spacial score (nSPS) is 11.4. The molecule has 1 heterocycles. The monoisotopic (exact) mass is 408 g/mol. The van der Waals surface area contributed by atoms with Crippen molar-refractivity contribution < 1.29 is 36.2 Å². The highest BCUT2D eigenvalue weighted by atomic mass is 32.3. The summed E-state index contributed by atoms with van der Waals surface area (Å²) in [4.78, 5) is 12.9. The van der Waals surface area contributed by atoms with Crippen LogP contribution in [-0.2, 0) is 10.4 Å². The molecule has 0 aliphatic carbocycles. The molecular formula is C18H16O9S. The van der Waals surface area contributed by atoms with E-state index in [1.54, 1.807) is 6.92 Å². The summed E-state index contributed by atoms with van der Waals surface area (Å²) in [6.45, 7) is 1.69. The Morgan fingerprint density at radius 1 is 1.04 bits per heavy atom. The molecule has 0 atom stereocenters. The Morgan fingerprint density at radius 3 is 2.32 bits per heavy atom. The Kier molecular flexibility index (Phi) is 4.92. The molecule has 3 rings (SSSR count). The maximum atomic E-state index is 12.9. The van der Waals surface area contributed by atoms with Gasteiger partial charge in [-0.2, -0.15) is 8.42 Å². The van der Waals surface area contributed by atoms with Crippen LogP contribution in [-0.4, -0.2) is 32.3 Å². The largest absolute Gasteiger partial charge is 0.507 e. The standard InChI is InChI=1S/C18H16O9S/c1-9-14(24-2)7-12(19)16-17(20)11(8-26-18(9)16)10-4-5-13(15(6-10)25-3)27-28(21,22)23/h4-8,19H,1-3H3,(H,21,22,23). The van der Waals surface area contributed by atoms with Crippen LogP contribution in [0.4, 0.5) is 0 Å². The molecule has 0 radical (unpaired) electrons. The fourth-order valence-electron chi connectivity index (χ4n) is 2.82. The first-order chi connectivity index (χ1) is 13.2. The number of rotatable bonds is 5. The summed E-state index contributed by atoms with van der Waals surface area (Å²) in [5, 5.41) is 10.2. The zero-order chi connectivity index (χ0) is 20.6. The van der Waals surface area contributed by atoms with Crippen LogP contribution in [0.2, 0.25) is 0 Å². The number of hydrogen-bond acceptors (Lipinski definition) is 8. The molecule has 0 bridgehead atoms. The lowest BCUT2D eigenvalue weighted by atomic mass is 10.0. The highest BCUT2D eigenvalue weighted by molar-refractivity contribution is 7.81. The third-order valence-corrected chi connectivity index (χ3v) is 4.51. The number of fused-ring (bicyclic) bond motifs is 1. The fraction of sp³-hybridized carbons (Fsp3) is 0.167. The summed E-state index contributed by atoms with van der Waals surface area (Å²) in [7, 11) is -2.05. The number of ether oxygens (including phenoxy) is 2. The highest BCUT2D eigenvalue weighted by Gasteiger charge is 2.19. The highest BCUT2D eigenvalue weighted by Crippen LogP contribution is 2.36. The summed E-state index contributed by atoms with van der Waals surface area (Å²) in [5.41, 5.74) is 0.652. The van der Waals surface area contributed by atoms with Crippen LogP contribution in [0.25, 0.3) is 22.1 Å². The SMILES string of the molecule is COc1cc(-c2coc3c(C)c(OC)cc(O)c3c2=O)ccc1OS(=O)(=O)O. The molecule has 0 fully saturated rings. The predicted molar refractivity (Wildman–Crippen MR) is 99.6 cm³/mol. The van der Waals surface area contributed by atoms with E-state index >= 15 is 0 Å². The maximum Gasteiger partial charge on any atom is 0.446 e. The number of methoxy groups -OCH3 is 2. The number of aryl methyl sites for hydroxylation is 1. The zero-order valence-corrected chi connectivity index (χ0v) is 15.9. The molecule has 2 aromatic carbocycles. The number of benzene rings is 2. The third kappa shape index (κ3) is 3.47. The smallest absolute Gasteiger partial charge is 0.446 e. The van der Waals surface area contributed by atoms with Gasteiger partial charge in [0, 0.05) is 11.6 Å². The molecule has 1 aromatic heterocycles. The molecule has 9 nitrogen and oxygen atoms in total. The van der Waals surface area contributed by atoms with Gasteiger partial charge in [0.05, 0.1) is 19.8 Å². The summed E-state index contributed by atoms with van der Waals surface area (Å²) in [6, 6.07) is 5.26. The quantitative estimate of drug-likeness (QED) is 0.611. The van der Waals surface area contributed by atoms with E-state index in [4.69, 9.17) is 18.4 Å². The fourth-order valence-corrected chi connectivity index (χ4v) is 3.19. The Morgan fingerprint density at radius 2 is 1.71 bits per heavy atom. The first-order valence-electron chi connectivity index (χ1n) is 7.83. The first kappa shape index (κ1) is 19.5. The Hall–Kier alpha value is -3.24. The van der Waals surface area contributed by atoms with E-state index in [-0.39, 0.29) is 33.8 Å². The molecule has 0 aliphatic heterocycles. The van der Waals surface area contributed by atoms with Crippen LogP contribution in [0.15, 0.2) is 39.7 Å². The van der Waals surface area contributed by atoms with E-state index in [2.05, 4.69) is 4.18 Å². The lowest BCUT2D eigenvalue weighted by Crippen LogP contribution is -2.09. The van der Waals surface area contributed by atoms with Gasteiger partial charge in [-0.3, -0.25) is 9.35 Å². The molecule has 0 saturated heterocycles. The van der Waals surface area contributed by atoms with Crippen molar-refractivity contribution in [1.29, 1.82) is 0 Å². The van der Waals surface area contributed by atoms with Gasteiger partial charge in [-0.15, -0.1) is 0 Å². The second kappa shape index (κ2) is 7.06. The van der Waals surface area contributed by atoms with Crippen LogP contribution in [0.1, 0.15) is 5.56 Å². The van der Waals surface area contributed by atoms with Crippen molar-refractivity contribution in [1.82, 2.24) is 0 Å². The van der Waals surface area contributed by atoms with Crippen molar-refractivity contribution in [3.63, 3.8) is 0 Å². The molecule has 28 heavy (non-hydrogen) atoms. The molecule has 148 valence electrons. The summed E-state index contributed by atoms with van der Waals surface area (Å²) < 4.78 is 50.9. The molecule has 0 unspecified atom stereocenters. The lowest BCUT2D eigenvalue weighted by Gasteiger charge is -2.12. The van der Waals surface area contributed by atoms with E-state index in [1.807, 2.05) is 0 Å². The van der Waals surface area contributed by atoms with Crippen LogP contribution in [0, 0.1) is 6.92 Å². The lowest BCUT2D eigenvalue weighted by molar-refractivity contribution is 0.360. The van der Waals surface area contributed by atoms with Crippen LogP contribution >= 0.6 is 0 Å². The van der Waals surface area contributed by atoms with Crippen molar-refractivity contribution >= 4 is 21.4 Å². The van der Waals surface area contributed by atoms with Gasteiger partial charge < -0.3 is 23.2 Å². The van der Waals surface area contributed by atoms with E-state index in [1.165, 1.54) is 44.7 Å². The topological polar surface area (TPSA) is 132 Å². The predicted octanol–water partition coefficient (Wildman–Crippen LogP) is 2.67. The number of phenolic OH excluding ortho intramolecular Hbond substituents is 1. The minimum absolute atomic E-state index is 0.0203. The molecule has 2 N–H and O–H groups in total. The van der Waals surface area contributed by atoms with Crippen molar-refractivity contribution in [2.45, 2.75) is 6.92 Å². The first-order valence-corrected chi connectivity index (χ1v) is 9.20. The molecule has 0 amide bonds. The Bertz CT molecular complexity index is 1230. The van der Waals surface area contributed by atoms with Gasteiger partial charge in [0.15, 0.2) is 11.5 Å². The molecule has 10 heteroatoms. The van der Waals surface area contributed by atoms with Crippen LogP contribution < -0.4 is 19.1 Å². The maximum absolute atomic E-state index is 12.9. The van der Waals surface area contributed by atoms with Gasteiger partial charge in [-0.05, 0) is 24.6 Å². The third-order valence-electron chi connectivity index (χ3n) is 4.12. The molecule has 0 spiro atoms. The van der Waals surface area contributed by atoms with Gasteiger partial charge >= 0.3 is 10.4 Å². The van der Waals surface area contributed by atoms with Crippen LogP contribution in [0.3, 0.4) is 0 Å². The Labute approximate surface area is 159 Å². The summed E-state index contributed by atoms with van der Waals surface area (Å²) in [5.74, 6) is -0.229. The van der Waals surface area contributed by atoms with Crippen molar-refractivity contribution in [2.75, 3.05) is 14.2 Å². The number of phenols is 1. The minimum atomic E-state index is -4.75. The van der Waals surface area contributed by atoms with Gasteiger partial charge in [-0.1, -0.05) is 6.07 Å². The zero-order valence-electron chi connectivity index (χ0n) is 15.0. The minimum Gasteiger partial charge on any atom is -0.507 e. The molecule has 0 saturated carbocycles.